The molecule has 0 aliphatic heterocycles. The van der Waals surface area contributed by atoms with E-state index in [0.29, 0.717) is 5.56 Å². The van der Waals surface area contributed by atoms with Gasteiger partial charge in [-0.25, -0.2) is 4.36 Å². The van der Waals surface area contributed by atoms with Gasteiger partial charge in [-0.2, -0.15) is 0 Å². The summed E-state index contributed by atoms with van der Waals surface area (Å²) in [6.07, 6.45) is 3.00. The van der Waals surface area contributed by atoms with Gasteiger partial charge < -0.3 is 0 Å². The molecule has 0 amide bonds. The molecule has 1 rings (SSSR count). The predicted octanol–water partition coefficient (Wildman–Crippen LogP) is 1.82. The fourth-order valence-electron chi connectivity index (χ4n) is 1.05. The van der Waals surface area contributed by atoms with E-state index >= 15 is 0 Å². The van der Waals surface area contributed by atoms with Gasteiger partial charge in [0.15, 0.2) is 0 Å². The van der Waals surface area contributed by atoms with E-state index < -0.39 is 14.7 Å². The molecule has 0 N–H and O–H groups in total. The molecule has 0 heterocycles. The first-order valence-electron chi connectivity index (χ1n) is 4.25. The molecule has 0 aromatic heterocycles. The monoisotopic (exact) mass is 228 g/mol. The van der Waals surface area contributed by atoms with Crippen molar-refractivity contribution in [3.05, 3.63) is 39.9 Å². The molecule has 0 radical (unpaired) electrons. The first kappa shape index (κ1) is 11.6. The summed E-state index contributed by atoms with van der Waals surface area (Å²) >= 11 is 0. The Morgan fingerprint density at radius 1 is 1.40 bits per heavy atom. The minimum atomic E-state index is -2.21. The first-order chi connectivity index (χ1) is 6.90. The van der Waals surface area contributed by atoms with Crippen LogP contribution in [0.2, 0.25) is 0 Å². The van der Waals surface area contributed by atoms with Crippen LogP contribution >= 0.6 is 0 Å². The van der Waals surface area contributed by atoms with Crippen molar-refractivity contribution in [3.8, 4) is 0 Å². The fraction of sp³-hybridized carbons (Fsp3) is 0.333. The number of nitro groups is 1. The van der Waals surface area contributed by atoms with Gasteiger partial charge in [-0.3, -0.25) is 14.3 Å². The van der Waals surface area contributed by atoms with Crippen LogP contribution in [-0.4, -0.2) is 21.6 Å². The van der Waals surface area contributed by atoms with Crippen LogP contribution in [0.5, 0.6) is 0 Å². The maximum absolute atomic E-state index is 11.3. The van der Waals surface area contributed by atoms with Crippen molar-refractivity contribution >= 4 is 15.4 Å². The maximum atomic E-state index is 11.3. The molecular weight excluding hydrogens is 216 g/mol. The Morgan fingerprint density at radius 3 is 2.53 bits per heavy atom. The summed E-state index contributed by atoms with van der Waals surface area (Å²) in [5.41, 5.74) is 0.504. The topological polar surface area (TPSA) is 72.6 Å². The van der Waals surface area contributed by atoms with Gasteiger partial charge in [-0.15, -0.1) is 0 Å². The SMILES string of the molecule is CS(C)(=O)=NCc1ccccc1[N+](=O)[O-]. The van der Waals surface area contributed by atoms with Crippen LogP contribution in [0.3, 0.4) is 0 Å². The summed E-state index contributed by atoms with van der Waals surface area (Å²) in [5, 5.41) is 10.6. The van der Waals surface area contributed by atoms with E-state index in [2.05, 4.69) is 4.36 Å². The molecule has 0 atom stereocenters. The number of nitrogens with zero attached hydrogens (tertiary/aromatic N) is 2. The minimum absolute atomic E-state index is 0.0184. The molecule has 6 heteroatoms. The fourth-order valence-corrected chi connectivity index (χ4v) is 1.50. The zero-order chi connectivity index (χ0) is 11.5. The molecule has 1 aromatic rings. The van der Waals surface area contributed by atoms with Gasteiger partial charge >= 0.3 is 0 Å². The lowest BCUT2D eigenvalue weighted by atomic mass is 10.2. The number of para-hydroxylation sites is 1. The molecular formula is C9H12N2O3S. The Bertz CT molecular complexity index is 482. The average Bonchev–Trinajstić information content (AvgIpc) is 2.14. The average molecular weight is 228 g/mol. The molecule has 0 bridgehead atoms. The predicted molar refractivity (Wildman–Crippen MR) is 59.2 cm³/mol. The highest BCUT2D eigenvalue weighted by atomic mass is 32.2. The van der Waals surface area contributed by atoms with Crippen LogP contribution in [0, 0.1) is 10.1 Å². The molecule has 0 spiro atoms. The highest BCUT2D eigenvalue weighted by Gasteiger charge is 2.11. The summed E-state index contributed by atoms with van der Waals surface area (Å²) in [4.78, 5) is 10.2. The Labute approximate surface area is 88.5 Å². The third-order valence-electron chi connectivity index (χ3n) is 1.73. The normalized spacial score (nSPS) is 11.1. The highest BCUT2D eigenvalue weighted by Crippen LogP contribution is 2.18. The molecule has 15 heavy (non-hydrogen) atoms. The zero-order valence-electron chi connectivity index (χ0n) is 8.54. The summed E-state index contributed by atoms with van der Waals surface area (Å²) in [6.45, 7) is 0.114. The van der Waals surface area contributed by atoms with E-state index in [4.69, 9.17) is 0 Å². The van der Waals surface area contributed by atoms with E-state index in [1.807, 2.05) is 0 Å². The second-order valence-corrected chi connectivity index (χ2v) is 5.98. The zero-order valence-corrected chi connectivity index (χ0v) is 9.36. The lowest BCUT2D eigenvalue weighted by molar-refractivity contribution is -0.385. The molecule has 0 aliphatic rings. The van der Waals surface area contributed by atoms with Gasteiger partial charge in [0.05, 0.1) is 17.0 Å². The molecule has 0 saturated heterocycles. The number of rotatable bonds is 3. The number of benzene rings is 1. The Balaban J connectivity index is 3.06. The van der Waals surface area contributed by atoms with E-state index in [0.717, 1.165) is 0 Å². The minimum Gasteiger partial charge on any atom is -0.258 e. The van der Waals surface area contributed by atoms with Gasteiger partial charge in [0.2, 0.25) is 0 Å². The van der Waals surface area contributed by atoms with Gasteiger partial charge in [0.1, 0.15) is 0 Å². The largest absolute Gasteiger partial charge is 0.274 e. The van der Waals surface area contributed by atoms with Crippen molar-refractivity contribution in [3.63, 3.8) is 0 Å². The van der Waals surface area contributed by atoms with Crippen molar-refractivity contribution in [2.24, 2.45) is 4.36 Å². The van der Waals surface area contributed by atoms with Crippen molar-refractivity contribution in [1.29, 1.82) is 0 Å². The van der Waals surface area contributed by atoms with Crippen molar-refractivity contribution in [2.45, 2.75) is 6.54 Å². The molecule has 0 unspecified atom stereocenters. The van der Waals surface area contributed by atoms with Crippen LogP contribution in [0.25, 0.3) is 0 Å². The second kappa shape index (κ2) is 4.39. The van der Waals surface area contributed by atoms with Gasteiger partial charge in [-0.05, 0) is 0 Å². The molecule has 5 nitrogen and oxygen atoms in total. The number of hydrogen-bond donors (Lipinski definition) is 0. The molecule has 82 valence electrons. The molecule has 0 fully saturated rings. The Hall–Kier alpha value is -1.43. The van der Waals surface area contributed by atoms with Crippen molar-refractivity contribution < 1.29 is 9.13 Å². The standard InChI is InChI=1S/C9H12N2O3S/c1-15(2,14)10-7-8-5-3-4-6-9(8)11(12)13/h3-6H,7H2,1-2H3. The summed E-state index contributed by atoms with van der Waals surface area (Å²) < 4.78 is 15.2. The number of nitro benzene ring substituents is 1. The van der Waals surface area contributed by atoms with Gasteiger partial charge in [0, 0.05) is 28.3 Å². The van der Waals surface area contributed by atoms with Gasteiger partial charge in [0.25, 0.3) is 5.69 Å². The number of hydrogen-bond acceptors (Lipinski definition) is 4. The molecule has 0 saturated carbocycles. The van der Waals surface area contributed by atoms with Crippen molar-refractivity contribution in [1.82, 2.24) is 0 Å². The lowest BCUT2D eigenvalue weighted by Gasteiger charge is -1.99. The van der Waals surface area contributed by atoms with Crippen molar-refractivity contribution in [2.75, 3.05) is 12.5 Å². The van der Waals surface area contributed by atoms with Crippen LogP contribution in [-0.2, 0) is 16.3 Å². The Morgan fingerprint density at radius 2 is 2.00 bits per heavy atom. The van der Waals surface area contributed by atoms with E-state index in [9.17, 15) is 14.3 Å². The Kier molecular flexibility index (Phi) is 3.41. The second-order valence-electron chi connectivity index (χ2n) is 3.35. The highest BCUT2D eigenvalue weighted by molar-refractivity contribution is 7.92. The van der Waals surface area contributed by atoms with Crippen LogP contribution in [0.15, 0.2) is 28.6 Å². The first-order valence-corrected chi connectivity index (χ1v) is 6.58. The van der Waals surface area contributed by atoms with Gasteiger partial charge in [-0.1, -0.05) is 18.2 Å². The molecule has 1 aromatic carbocycles. The van der Waals surface area contributed by atoms with Crippen LogP contribution < -0.4 is 0 Å². The lowest BCUT2D eigenvalue weighted by Crippen LogP contribution is -1.97. The quantitative estimate of drug-likeness (QED) is 0.585. The maximum Gasteiger partial charge on any atom is 0.274 e. The van der Waals surface area contributed by atoms with Crippen LogP contribution in [0.4, 0.5) is 5.69 Å². The summed E-state index contributed by atoms with van der Waals surface area (Å²) in [5.74, 6) is 0. The third kappa shape index (κ3) is 3.67. The van der Waals surface area contributed by atoms with Crippen LogP contribution in [0.1, 0.15) is 5.56 Å². The van der Waals surface area contributed by atoms with E-state index in [-0.39, 0.29) is 12.2 Å². The summed E-state index contributed by atoms with van der Waals surface area (Å²) in [6, 6.07) is 6.33. The smallest absolute Gasteiger partial charge is 0.258 e. The van der Waals surface area contributed by atoms with E-state index in [1.165, 1.54) is 18.6 Å². The van der Waals surface area contributed by atoms with E-state index in [1.54, 1.807) is 18.2 Å². The summed E-state index contributed by atoms with van der Waals surface area (Å²) in [7, 11) is -2.21. The third-order valence-corrected chi connectivity index (χ3v) is 2.49. The molecule has 0 aliphatic carbocycles.